The molecule has 2 rings (SSSR count). The molecule has 0 unspecified atom stereocenters. The van der Waals surface area contributed by atoms with E-state index in [0.717, 1.165) is 55.9 Å². The van der Waals surface area contributed by atoms with Crippen molar-refractivity contribution in [2.45, 2.75) is 46.5 Å². The highest BCUT2D eigenvalue weighted by atomic mass is 15.2. The van der Waals surface area contributed by atoms with Gasteiger partial charge in [0.2, 0.25) is 5.95 Å². The van der Waals surface area contributed by atoms with Crippen molar-refractivity contribution in [1.29, 1.82) is 0 Å². The Morgan fingerprint density at radius 2 is 2.05 bits per heavy atom. The van der Waals surface area contributed by atoms with Crippen molar-refractivity contribution in [2.24, 2.45) is 5.92 Å². The van der Waals surface area contributed by atoms with Crippen LogP contribution in [0.4, 0.5) is 11.8 Å². The van der Waals surface area contributed by atoms with Gasteiger partial charge in [-0.1, -0.05) is 13.8 Å². The zero-order chi connectivity index (χ0) is 13.7. The van der Waals surface area contributed by atoms with Gasteiger partial charge >= 0.3 is 0 Å². The third-order valence-electron chi connectivity index (χ3n) is 3.37. The fraction of sp³-hybridized carbons (Fsp3) is 0.733. The Morgan fingerprint density at radius 1 is 1.26 bits per heavy atom. The molecule has 4 heteroatoms. The number of hydrogen-bond acceptors (Lipinski definition) is 4. The quantitative estimate of drug-likeness (QED) is 0.781. The molecule has 1 aromatic rings. The topological polar surface area (TPSA) is 41.1 Å². The average Bonchev–Trinajstić information content (AvgIpc) is 3.19. The van der Waals surface area contributed by atoms with Crippen LogP contribution in [-0.2, 0) is 0 Å². The van der Waals surface area contributed by atoms with Crippen molar-refractivity contribution >= 4 is 11.8 Å². The minimum atomic E-state index is 0.772. The highest BCUT2D eigenvalue weighted by Gasteiger charge is 2.25. The van der Waals surface area contributed by atoms with E-state index in [1.807, 2.05) is 6.92 Å². The Kier molecular flexibility index (Phi) is 5.00. The molecule has 0 radical (unpaired) electrons. The van der Waals surface area contributed by atoms with Crippen LogP contribution in [0.15, 0.2) is 6.07 Å². The summed E-state index contributed by atoms with van der Waals surface area (Å²) in [4.78, 5) is 11.6. The molecule has 1 aliphatic carbocycles. The van der Waals surface area contributed by atoms with Crippen LogP contribution >= 0.6 is 0 Å². The maximum absolute atomic E-state index is 4.67. The lowest BCUT2D eigenvalue weighted by Crippen LogP contribution is -2.28. The van der Waals surface area contributed by atoms with Gasteiger partial charge in [0.25, 0.3) is 0 Å². The lowest BCUT2D eigenvalue weighted by molar-refractivity contribution is 0.697. The maximum atomic E-state index is 4.67. The van der Waals surface area contributed by atoms with E-state index in [2.05, 4.69) is 40.1 Å². The molecule has 0 bridgehead atoms. The van der Waals surface area contributed by atoms with Gasteiger partial charge in [-0.15, -0.1) is 0 Å². The molecule has 0 aromatic carbocycles. The van der Waals surface area contributed by atoms with Crippen LogP contribution in [0.1, 0.15) is 45.2 Å². The van der Waals surface area contributed by atoms with Crippen molar-refractivity contribution in [3.63, 3.8) is 0 Å². The third-order valence-corrected chi connectivity index (χ3v) is 3.37. The summed E-state index contributed by atoms with van der Waals surface area (Å²) in [6.45, 7) is 9.59. The Bertz CT molecular complexity index is 401. The number of nitrogens with zero attached hydrogens (tertiary/aromatic N) is 3. The predicted molar refractivity (Wildman–Crippen MR) is 80.8 cm³/mol. The molecule has 19 heavy (non-hydrogen) atoms. The SMILES string of the molecule is CCCNc1nc(C)cc(N(CCC)CC2CC2)n1. The number of anilines is 2. The summed E-state index contributed by atoms with van der Waals surface area (Å²) in [6.07, 6.45) is 5.01. The lowest BCUT2D eigenvalue weighted by atomic mass is 10.3. The number of aryl methyl sites for hydroxylation is 1. The van der Waals surface area contributed by atoms with Crippen LogP contribution in [0.3, 0.4) is 0 Å². The lowest BCUT2D eigenvalue weighted by Gasteiger charge is -2.23. The number of rotatable bonds is 8. The van der Waals surface area contributed by atoms with Crippen LogP contribution < -0.4 is 10.2 Å². The molecule has 0 saturated heterocycles. The van der Waals surface area contributed by atoms with Crippen LogP contribution in [0.5, 0.6) is 0 Å². The fourth-order valence-corrected chi connectivity index (χ4v) is 2.21. The summed E-state index contributed by atoms with van der Waals surface area (Å²) in [5.74, 6) is 2.74. The third kappa shape index (κ3) is 4.37. The molecule has 1 fully saturated rings. The zero-order valence-electron chi connectivity index (χ0n) is 12.4. The Morgan fingerprint density at radius 3 is 2.68 bits per heavy atom. The van der Waals surface area contributed by atoms with E-state index in [1.165, 1.54) is 12.8 Å². The summed E-state index contributed by atoms with van der Waals surface area (Å²) >= 11 is 0. The van der Waals surface area contributed by atoms with Crippen LogP contribution in [0.25, 0.3) is 0 Å². The Hall–Kier alpha value is -1.32. The van der Waals surface area contributed by atoms with E-state index in [1.54, 1.807) is 0 Å². The second-order valence-corrected chi connectivity index (χ2v) is 5.51. The summed E-state index contributed by atoms with van der Waals surface area (Å²) in [5, 5.41) is 3.29. The fourth-order valence-electron chi connectivity index (χ4n) is 2.21. The first kappa shape index (κ1) is 14.1. The predicted octanol–water partition coefficient (Wildman–Crippen LogP) is 3.23. The first-order valence-electron chi connectivity index (χ1n) is 7.57. The van der Waals surface area contributed by atoms with Gasteiger partial charge < -0.3 is 10.2 Å². The van der Waals surface area contributed by atoms with E-state index in [9.17, 15) is 0 Å². The highest BCUT2D eigenvalue weighted by molar-refractivity contribution is 5.45. The van der Waals surface area contributed by atoms with Gasteiger partial charge in [-0.3, -0.25) is 0 Å². The summed E-state index contributed by atoms with van der Waals surface area (Å²) in [5.41, 5.74) is 1.04. The van der Waals surface area contributed by atoms with Gasteiger partial charge in [0.1, 0.15) is 5.82 Å². The Balaban J connectivity index is 2.11. The van der Waals surface area contributed by atoms with E-state index < -0.39 is 0 Å². The van der Waals surface area contributed by atoms with Gasteiger partial charge in [-0.2, -0.15) is 4.98 Å². The van der Waals surface area contributed by atoms with E-state index in [4.69, 9.17) is 0 Å². The second-order valence-electron chi connectivity index (χ2n) is 5.51. The summed E-state index contributed by atoms with van der Waals surface area (Å²) < 4.78 is 0. The molecule has 1 aromatic heterocycles. The van der Waals surface area contributed by atoms with Gasteiger partial charge in [0.15, 0.2) is 0 Å². The smallest absolute Gasteiger partial charge is 0.224 e. The maximum Gasteiger partial charge on any atom is 0.224 e. The largest absolute Gasteiger partial charge is 0.356 e. The van der Waals surface area contributed by atoms with Gasteiger partial charge in [0, 0.05) is 31.4 Å². The average molecular weight is 262 g/mol. The van der Waals surface area contributed by atoms with Crippen LogP contribution in [0.2, 0.25) is 0 Å². The normalized spacial score (nSPS) is 14.5. The van der Waals surface area contributed by atoms with Crippen molar-refractivity contribution in [3.8, 4) is 0 Å². The molecule has 0 atom stereocenters. The summed E-state index contributed by atoms with van der Waals surface area (Å²) in [6, 6.07) is 2.11. The van der Waals surface area contributed by atoms with E-state index >= 15 is 0 Å². The Labute approximate surface area is 116 Å². The highest BCUT2D eigenvalue weighted by Crippen LogP contribution is 2.31. The second kappa shape index (κ2) is 6.73. The molecule has 1 aliphatic rings. The molecule has 1 saturated carbocycles. The van der Waals surface area contributed by atoms with Crippen LogP contribution in [-0.4, -0.2) is 29.6 Å². The van der Waals surface area contributed by atoms with Gasteiger partial charge in [0.05, 0.1) is 0 Å². The minimum Gasteiger partial charge on any atom is -0.356 e. The molecule has 4 nitrogen and oxygen atoms in total. The van der Waals surface area contributed by atoms with Crippen LogP contribution in [0, 0.1) is 12.8 Å². The van der Waals surface area contributed by atoms with Gasteiger partial charge in [-0.05, 0) is 38.5 Å². The molecular weight excluding hydrogens is 236 g/mol. The standard InChI is InChI=1S/C15H26N4/c1-4-8-16-15-17-12(3)10-14(18-15)19(9-5-2)11-13-6-7-13/h10,13H,4-9,11H2,1-3H3,(H,16,17,18). The first-order valence-corrected chi connectivity index (χ1v) is 7.57. The molecule has 106 valence electrons. The monoisotopic (exact) mass is 262 g/mol. The molecular formula is C15H26N4. The van der Waals surface area contributed by atoms with Crippen molar-refractivity contribution in [2.75, 3.05) is 29.9 Å². The first-order chi connectivity index (χ1) is 9.22. The number of aromatic nitrogens is 2. The van der Waals surface area contributed by atoms with E-state index in [0.29, 0.717) is 0 Å². The molecule has 0 spiro atoms. The minimum absolute atomic E-state index is 0.772. The van der Waals surface area contributed by atoms with Crippen molar-refractivity contribution in [3.05, 3.63) is 11.8 Å². The molecule has 0 aliphatic heterocycles. The van der Waals surface area contributed by atoms with E-state index in [-0.39, 0.29) is 0 Å². The molecule has 1 heterocycles. The number of nitrogens with one attached hydrogen (secondary N) is 1. The molecule has 0 amide bonds. The summed E-state index contributed by atoms with van der Waals surface area (Å²) in [7, 11) is 0. The number of hydrogen-bond donors (Lipinski definition) is 1. The molecule has 1 N–H and O–H groups in total. The zero-order valence-corrected chi connectivity index (χ0v) is 12.4. The van der Waals surface area contributed by atoms with Crippen molar-refractivity contribution in [1.82, 2.24) is 9.97 Å². The van der Waals surface area contributed by atoms with Crippen molar-refractivity contribution < 1.29 is 0 Å². The van der Waals surface area contributed by atoms with Gasteiger partial charge in [-0.25, -0.2) is 4.98 Å².